The zero-order valence-corrected chi connectivity index (χ0v) is 8.17. The molecule has 90 valence electrons. The van der Waals surface area contributed by atoms with Crippen LogP contribution in [0.4, 0.5) is 26.3 Å². The van der Waals surface area contributed by atoms with Gasteiger partial charge in [0, 0.05) is 0 Å². The summed E-state index contributed by atoms with van der Waals surface area (Å²) < 4.78 is 72.3. The van der Waals surface area contributed by atoms with E-state index in [9.17, 15) is 26.3 Å². The predicted octanol–water partition coefficient (Wildman–Crippen LogP) is 4.62. The van der Waals surface area contributed by atoms with E-state index in [1.807, 2.05) is 0 Å². The summed E-state index contributed by atoms with van der Waals surface area (Å²) in [4.78, 5) is 0. The molecule has 0 aromatic heterocycles. The molecule has 0 heterocycles. The second-order valence-corrected chi connectivity index (χ2v) is 3.12. The first-order valence-electron chi connectivity index (χ1n) is 4.57. The molecule has 0 spiro atoms. The fourth-order valence-corrected chi connectivity index (χ4v) is 0.973. The van der Waals surface area contributed by atoms with Gasteiger partial charge >= 0.3 is 6.18 Å². The van der Waals surface area contributed by atoms with Crippen LogP contribution in [0.1, 0.15) is 32.6 Å². The van der Waals surface area contributed by atoms with Crippen LogP contribution in [0.15, 0.2) is 11.7 Å². The topological polar surface area (TPSA) is 0 Å². The van der Waals surface area contributed by atoms with Crippen LogP contribution in [0.2, 0.25) is 0 Å². The third kappa shape index (κ3) is 5.09. The number of hydrogen-bond donors (Lipinski definition) is 0. The molecule has 0 amide bonds. The maximum Gasteiger partial charge on any atom is 0.445 e. The highest BCUT2D eigenvalue weighted by Gasteiger charge is 2.40. The standard InChI is InChI=1S/C9H12F6/c1-2-3-4-5-6(10)7(11)8(12)9(13,14)15/h6H,2-5H2,1H3. The van der Waals surface area contributed by atoms with E-state index in [-0.39, 0.29) is 6.42 Å². The van der Waals surface area contributed by atoms with Gasteiger partial charge < -0.3 is 0 Å². The van der Waals surface area contributed by atoms with Crippen molar-refractivity contribution in [3.63, 3.8) is 0 Å². The Morgan fingerprint density at radius 2 is 1.67 bits per heavy atom. The third-order valence-corrected chi connectivity index (χ3v) is 1.79. The molecule has 0 aromatic rings. The molecular formula is C9H12F6. The zero-order chi connectivity index (χ0) is 12.1. The summed E-state index contributed by atoms with van der Waals surface area (Å²) in [7, 11) is 0. The highest BCUT2D eigenvalue weighted by molar-refractivity contribution is 5.09. The molecule has 1 atom stereocenters. The second kappa shape index (κ2) is 6.02. The average molecular weight is 234 g/mol. The summed E-state index contributed by atoms with van der Waals surface area (Å²) in [6.45, 7) is 1.80. The predicted molar refractivity (Wildman–Crippen MR) is 44.3 cm³/mol. The van der Waals surface area contributed by atoms with Gasteiger partial charge in [0.05, 0.1) is 0 Å². The van der Waals surface area contributed by atoms with Crippen molar-refractivity contribution in [2.24, 2.45) is 0 Å². The third-order valence-electron chi connectivity index (χ3n) is 1.79. The van der Waals surface area contributed by atoms with Crippen molar-refractivity contribution in [2.75, 3.05) is 0 Å². The van der Waals surface area contributed by atoms with E-state index in [0.29, 0.717) is 6.42 Å². The monoisotopic (exact) mass is 234 g/mol. The van der Waals surface area contributed by atoms with Gasteiger partial charge in [0.25, 0.3) is 0 Å². The van der Waals surface area contributed by atoms with Gasteiger partial charge in [-0.05, 0) is 6.42 Å². The molecule has 0 aromatic carbocycles. The van der Waals surface area contributed by atoms with Crippen LogP contribution in [0, 0.1) is 0 Å². The smallest absolute Gasteiger partial charge is 0.240 e. The first kappa shape index (κ1) is 14.3. The quantitative estimate of drug-likeness (QED) is 0.481. The van der Waals surface area contributed by atoms with Crippen molar-refractivity contribution < 1.29 is 26.3 Å². The molecule has 0 aliphatic rings. The number of hydrogen-bond acceptors (Lipinski definition) is 0. The molecule has 15 heavy (non-hydrogen) atoms. The van der Waals surface area contributed by atoms with E-state index in [4.69, 9.17) is 0 Å². The summed E-state index contributed by atoms with van der Waals surface area (Å²) in [6.07, 6.45) is -6.85. The number of rotatable bonds is 5. The minimum atomic E-state index is -5.45. The Bertz CT molecular complexity index is 217. The lowest BCUT2D eigenvalue weighted by Gasteiger charge is -2.08. The molecule has 0 nitrogen and oxygen atoms in total. The zero-order valence-electron chi connectivity index (χ0n) is 8.17. The summed E-state index contributed by atoms with van der Waals surface area (Å²) in [5, 5.41) is 0. The first-order valence-corrected chi connectivity index (χ1v) is 4.57. The van der Waals surface area contributed by atoms with Crippen LogP contribution in [0.5, 0.6) is 0 Å². The maximum absolute atomic E-state index is 12.7. The molecule has 0 aliphatic carbocycles. The summed E-state index contributed by atoms with van der Waals surface area (Å²) in [5.74, 6) is -5.31. The van der Waals surface area contributed by atoms with E-state index in [1.165, 1.54) is 0 Å². The molecule has 0 N–H and O–H groups in total. The van der Waals surface area contributed by atoms with Crippen LogP contribution in [0.3, 0.4) is 0 Å². The fourth-order valence-electron chi connectivity index (χ4n) is 0.973. The van der Waals surface area contributed by atoms with Crippen LogP contribution < -0.4 is 0 Å². The van der Waals surface area contributed by atoms with Gasteiger partial charge in [-0.15, -0.1) is 0 Å². The largest absolute Gasteiger partial charge is 0.445 e. The van der Waals surface area contributed by atoms with Gasteiger partial charge in [-0.3, -0.25) is 0 Å². The highest BCUT2D eigenvalue weighted by atomic mass is 19.4. The Hall–Kier alpha value is -0.680. The molecule has 0 saturated heterocycles. The molecule has 1 unspecified atom stereocenters. The Kier molecular flexibility index (Phi) is 5.75. The lowest BCUT2D eigenvalue weighted by atomic mass is 10.1. The van der Waals surface area contributed by atoms with Gasteiger partial charge in [0.2, 0.25) is 5.83 Å². The van der Waals surface area contributed by atoms with Crippen molar-refractivity contribution >= 4 is 0 Å². The lowest BCUT2D eigenvalue weighted by molar-refractivity contribution is -0.112. The van der Waals surface area contributed by atoms with Crippen LogP contribution in [-0.2, 0) is 0 Å². The minimum Gasteiger partial charge on any atom is -0.240 e. The fraction of sp³-hybridized carbons (Fsp3) is 0.778. The average Bonchev–Trinajstić information content (AvgIpc) is 2.14. The number of halogens is 6. The second-order valence-electron chi connectivity index (χ2n) is 3.12. The van der Waals surface area contributed by atoms with Gasteiger partial charge in [-0.2, -0.15) is 17.6 Å². The molecule has 0 bridgehead atoms. The normalized spacial score (nSPS) is 16.2. The minimum absolute atomic E-state index is 0.232. The van der Waals surface area contributed by atoms with Crippen molar-refractivity contribution in [2.45, 2.75) is 45.0 Å². The van der Waals surface area contributed by atoms with Crippen LogP contribution >= 0.6 is 0 Å². The van der Waals surface area contributed by atoms with E-state index in [0.717, 1.165) is 6.42 Å². The van der Waals surface area contributed by atoms with E-state index < -0.39 is 30.4 Å². The van der Waals surface area contributed by atoms with Crippen molar-refractivity contribution in [3.8, 4) is 0 Å². The van der Waals surface area contributed by atoms with E-state index >= 15 is 0 Å². The number of allylic oxidation sites excluding steroid dienone is 2. The molecule has 0 radical (unpaired) electrons. The van der Waals surface area contributed by atoms with Crippen LogP contribution in [0.25, 0.3) is 0 Å². The molecule has 0 aliphatic heterocycles. The lowest BCUT2D eigenvalue weighted by Crippen LogP contribution is -2.14. The Balaban J connectivity index is 4.35. The molecular weight excluding hydrogens is 222 g/mol. The maximum atomic E-state index is 12.7. The molecule has 0 rings (SSSR count). The van der Waals surface area contributed by atoms with Gasteiger partial charge in [-0.25, -0.2) is 8.78 Å². The number of unbranched alkanes of at least 4 members (excludes halogenated alkanes) is 2. The van der Waals surface area contributed by atoms with E-state index in [1.54, 1.807) is 6.92 Å². The van der Waals surface area contributed by atoms with Crippen molar-refractivity contribution in [1.29, 1.82) is 0 Å². The molecule has 0 saturated carbocycles. The van der Waals surface area contributed by atoms with Crippen molar-refractivity contribution in [3.05, 3.63) is 11.7 Å². The molecule has 0 fully saturated rings. The SMILES string of the molecule is CCCCCC(F)C(F)=C(F)C(F)(F)F. The van der Waals surface area contributed by atoms with Gasteiger partial charge in [0.15, 0.2) is 12.0 Å². The summed E-state index contributed by atoms with van der Waals surface area (Å²) in [5.41, 5.74) is 0. The Labute approximate surface area is 84.0 Å². The Morgan fingerprint density at radius 3 is 2.07 bits per heavy atom. The van der Waals surface area contributed by atoms with Crippen LogP contribution in [-0.4, -0.2) is 12.3 Å². The Morgan fingerprint density at radius 1 is 1.13 bits per heavy atom. The highest BCUT2D eigenvalue weighted by Crippen LogP contribution is 2.32. The summed E-state index contributed by atoms with van der Waals surface area (Å²) in [6, 6.07) is 0. The van der Waals surface area contributed by atoms with Crippen molar-refractivity contribution in [1.82, 2.24) is 0 Å². The first-order chi connectivity index (χ1) is 6.80. The van der Waals surface area contributed by atoms with Gasteiger partial charge in [-0.1, -0.05) is 26.2 Å². The number of alkyl halides is 4. The summed E-state index contributed by atoms with van der Waals surface area (Å²) >= 11 is 0. The molecule has 6 heteroatoms. The van der Waals surface area contributed by atoms with Gasteiger partial charge in [0.1, 0.15) is 0 Å². The van der Waals surface area contributed by atoms with E-state index in [2.05, 4.69) is 0 Å².